The first-order chi connectivity index (χ1) is 14.5. The number of hydrogen-bond donors (Lipinski definition) is 1. The van der Waals surface area contributed by atoms with Gasteiger partial charge >= 0.3 is 5.97 Å². The van der Waals surface area contributed by atoms with Crippen LogP contribution in [0.4, 0.5) is 11.4 Å². The summed E-state index contributed by atoms with van der Waals surface area (Å²) in [6.07, 6.45) is -1.00. The second kappa shape index (κ2) is 10.1. The minimum atomic E-state index is -1.00. The van der Waals surface area contributed by atoms with Crippen molar-refractivity contribution in [2.24, 2.45) is 0 Å². The molecule has 0 fully saturated rings. The molecule has 6 nitrogen and oxygen atoms in total. The highest BCUT2D eigenvalue weighted by Crippen LogP contribution is 2.21. The smallest absolute Gasteiger partial charge is 0.345 e. The number of carbonyl (C=O) groups excluding carboxylic acids is 2. The van der Waals surface area contributed by atoms with Crippen molar-refractivity contribution in [3.63, 3.8) is 0 Å². The van der Waals surface area contributed by atoms with Crippen LogP contribution in [-0.4, -0.2) is 37.5 Å². The third kappa shape index (κ3) is 5.85. The lowest BCUT2D eigenvalue weighted by atomic mass is 10.1. The molecule has 154 valence electrons. The number of ether oxygens (including phenoxy) is 2. The molecule has 0 aliphatic heterocycles. The zero-order valence-electron chi connectivity index (χ0n) is 16.9. The van der Waals surface area contributed by atoms with E-state index in [2.05, 4.69) is 5.32 Å². The molecule has 0 heterocycles. The van der Waals surface area contributed by atoms with Gasteiger partial charge in [-0.05, 0) is 36.4 Å². The average Bonchev–Trinajstić information content (AvgIpc) is 2.78. The molecule has 0 aliphatic rings. The number of amides is 1. The molecule has 0 radical (unpaired) electrons. The van der Waals surface area contributed by atoms with E-state index in [1.165, 1.54) is 4.90 Å². The molecule has 1 atom stereocenters. The Morgan fingerprint density at radius 2 is 1.40 bits per heavy atom. The van der Waals surface area contributed by atoms with Crippen molar-refractivity contribution in [3.8, 4) is 5.75 Å². The van der Waals surface area contributed by atoms with Crippen LogP contribution in [0, 0.1) is 0 Å². The normalized spacial score (nSPS) is 11.3. The molecular weight excluding hydrogens is 380 g/mol. The van der Waals surface area contributed by atoms with Crippen molar-refractivity contribution >= 4 is 23.3 Å². The number of likely N-dealkylation sites (N-methyl/N-ethyl adjacent to an activating group) is 1. The SMILES string of the molecule is CN(C)C(=O)[C@H](OC(=O)COc1ccc(Nc2ccccc2)cc1)c1ccccc1. The Kier molecular flexibility index (Phi) is 7.05. The quantitative estimate of drug-likeness (QED) is 0.571. The highest BCUT2D eigenvalue weighted by molar-refractivity contribution is 5.85. The maximum atomic E-state index is 12.4. The minimum Gasteiger partial charge on any atom is -0.482 e. The topological polar surface area (TPSA) is 67.9 Å². The Balaban J connectivity index is 1.57. The molecule has 3 rings (SSSR count). The maximum absolute atomic E-state index is 12.4. The summed E-state index contributed by atoms with van der Waals surface area (Å²) in [5.41, 5.74) is 2.49. The van der Waals surface area contributed by atoms with Crippen LogP contribution in [0.5, 0.6) is 5.75 Å². The molecule has 0 aliphatic carbocycles. The van der Waals surface area contributed by atoms with Gasteiger partial charge in [-0.1, -0.05) is 48.5 Å². The number of nitrogens with zero attached hydrogens (tertiary/aromatic N) is 1. The lowest BCUT2D eigenvalue weighted by Crippen LogP contribution is -2.32. The van der Waals surface area contributed by atoms with Crippen molar-refractivity contribution in [2.45, 2.75) is 6.10 Å². The van der Waals surface area contributed by atoms with Gasteiger partial charge in [0.2, 0.25) is 6.10 Å². The van der Waals surface area contributed by atoms with Gasteiger partial charge in [0.1, 0.15) is 5.75 Å². The highest BCUT2D eigenvalue weighted by atomic mass is 16.6. The van der Waals surface area contributed by atoms with Crippen LogP contribution >= 0.6 is 0 Å². The van der Waals surface area contributed by atoms with Gasteiger partial charge in [0.15, 0.2) is 6.61 Å². The molecule has 6 heteroatoms. The lowest BCUT2D eigenvalue weighted by molar-refractivity contribution is -0.161. The summed E-state index contributed by atoms with van der Waals surface area (Å²) in [6, 6.07) is 26.0. The number of carbonyl (C=O) groups is 2. The van der Waals surface area contributed by atoms with Crippen LogP contribution in [0.3, 0.4) is 0 Å². The first-order valence-corrected chi connectivity index (χ1v) is 9.53. The first kappa shape index (κ1) is 20.9. The third-order valence-electron chi connectivity index (χ3n) is 4.29. The fourth-order valence-electron chi connectivity index (χ4n) is 2.75. The van der Waals surface area contributed by atoms with Gasteiger partial charge < -0.3 is 19.7 Å². The molecule has 0 saturated carbocycles. The molecule has 1 N–H and O–H groups in total. The molecule has 0 bridgehead atoms. The standard InChI is InChI=1S/C24H24N2O4/c1-26(2)24(28)23(18-9-5-3-6-10-18)30-22(27)17-29-21-15-13-20(14-16-21)25-19-11-7-4-8-12-19/h3-16,23,25H,17H2,1-2H3/t23-/m1/s1. The summed E-state index contributed by atoms with van der Waals surface area (Å²) in [5, 5.41) is 3.27. The summed E-state index contributed by atoms with van der Waals surface area (Å²) < 4.78 is 10.9. The van der Waals surface area contributed by atoms with Crippen molar-refractivity contribution in [1.82, 2.24) is 4.90 Å². The molecule has 1 amide bonds. The van der Waals surface area contributed by atoms with E-state index in [9.17, 15) is 9.59 Å². The van der Waals surface area contributed by atoms with Crippen LogP contribution in [0.25, 0.3) is 0 Å². The van der Waals surface area contributed by atoms with E-state index in [-0.39, 0.29) is 12.5 Å². The van der Waals surface area contributed by atoms with Crippen LogP contribution in [0.15, 0.2) is 84.9 Å². The van der Waals surface area contributed by atoms with Crippen molar-refractivity contribution in [3.05, 3.63) is 90.5 Å². The Labute approximate surface area is 176 Å². The van der Waals surface area contributed by atoms with Gasteiger partial charge in [0, 0.05) is 31.0 Å². The Morgan fingerprint density at radius 1 is 0.833 bits per heavy atom. The van der Waals surface area contributed by atoms with E-state index in [1.807, 2.05) is 48.5 Å². The Morgan fingerprint density at radius 3 is 2.00 bits per heavy atom. The number of rotatable bonds is 8. The molecule has 0 saturated heterocycles. The second-order valence-electron chi connectivity index (χ2n) is 6.82. The second-order valence-corrected chi connectivity index (χ2v) is 6.82. The van der Waals surface area contributed by atoms with Crippen molar-refractivity contribution in [2.75, 3.05) is 26.0 Å². The highest BCUT2D eigenvalue weighted by Gasteiger charge is 2.26. The molecule has 0 aromatic heterocycles. The number of benzene rings is 3. The van der Waals surface area contributed by atoms with Crippen LogP contribution in [0.2, 0.25) is 0 Å². The number of anilines is 2. The number of para-hydroxylation sites is 1. The number of esters is 1. The zero-order chi connectivity index (χ0) is 21.3. The van der Waals surface area contributed by atoms with Crippen molar-refractivity contribution in [1.29, 1.82) is 0 Å². The zero-order valence-corrected chi connectivity index (χ0v) is 16.9. The monoisotopic (exact) mass is 404 g/mol. The third-order valence-corrected chi connectivity index (χ3v) is 4.29. The van der Waals surface area contributed by atoms with E-state index < -0.39 is 12.1 Å². The Bertz CT molecular complexity index is 958. The van der Waals surface area contributed by atoms with Gasteiger partial charge in [-0.25, -0.2) is 4.79 Å². The minimum absolute atomic E-state index is 0.296. The van der Waals surface area contributed by atoms with Gasteiger partial charge in [0.05, 0.1) is 0 Å². The van der Waals surface area contributed by atoms with E-state index in [4.69, 9.17) is 9.47 Å². The molecular formula is C24H24N2O4. The predicted octanol–water partition coefficient (Wildman–Crippen LogP) is 4.18. The summed E-state index contributed by atoms with van der Waals surface area (Å²) in [7, 11) is 3.24. The predicted molar refractivity (Wildman–Crippen MR) is 116 cm³/mol. The van der Waals surface area contributed by atoms with Gasteiger partial charge in [-0.2, -0.15) is 0 Å². The molecule has 30 heavy (non-hydrogen) atoms. The van der Waals surface area contributed by atoms with E-state index in [0.717, 1.165) is 11.4 Å². The van der Waals surface area contributed by atoms with E-state index in [1.54, 1.807) is 50.5 Å². The fourth-order valence-corrected chi connectivity index (χ4v) is 2.75. The van der Waals surface area contributed by atoms with E-state index in [0.29, 0.717) is 11.3 Å². The fraction of sp³-hybridized carbons (Fsp3) is 0.167. The van der Waals surface area contributed by atoms with Crippen LogP contribution in [-0.2, 0) is 14.3 Å². The lowest BCUT2D eigenvalue weighted by Gasteiger charge is -2.21. The average molecular weight is 404 g/mol. The summed E-state index contributed by atoms with van der Waals surface area (Å²) in [5.74, 6) is -0.405. The van der Waals surface area contributed by atoms with Crippen LogP contribution in [0.1, 0.15) is 11.7 Å². The summed E-state index contributed by atoms with van der Waals surface area (Å²) in [4.78, 5) is 26.1. The van der Waals surface area contributed by atoms with Gasteiger partial charge in [0.25, 0.3) is 5.91 Å². The number of hydrogen-bond acceptors (Lipinski definition) is 5. The van der Waals surface area contributed by atoms with Gasteiger partial charge in [-0.15, -0.1) is 0 Å². The van der Waals surface area contributed by atoms with Gasteiger partial charge in [-0.3, -0.25) is 4.79 Å². The van der Waals surface area contributed by atoms with Crippen LogP contribution < -0.4 is 10.1 Å². The molecule has 3 aromatic carbocycles. The van der Waals surface area contributed by atoms with E-state index >= 15 is 0 Å². The Hall–Kier alpha value is -3.80. The molecule has 0 spiro atoms. The summed E-state index contributed by atoms with van der Waals surface area (Å²) >= 11 is 0. The van der Waals surface area contributed by atoms with Crippen molar-refractivity contribution < 1.29 is 19.1 Å². The summed E-state index contributed by atoms with van der Waals surface area (Å²) in [6.45, 7) is -0.296. The largest absolute Gasteiger partial charge is 0.482 e. The molecule has 3 aromatic rings. The first-order valence-electron chi connectivity index (χ1n) is 9.53. The molecule has 0 unspecified atom stereocenters. The number of nitrogens with one attached hydrogen (secondary N) is 1. The maximum Gasteiger partial charge on any atom is 0.345 e.